The molecule has 0 spiro atoms. The minimum Gasteiger partial charge on any atom is -0.497 e. The lowest BCUT2D eigenvalue weighted by Gasteiger charge is -2.27. The lowest BCUT2D eigenvalue weighted by atomic mass is 9.94. The SMILES string of the molecule is COc1ccc(CC(NC(=O)C2CCC(=O)N2)C(=O)NC(Cc2ccccc2)C(=O)C2(C)CO2)cc1.COc1ccc(CC(NC(=O)C2CCCC(=O)N2)C(=O)NC(Cc2ccccc2)C(=O)C2(C)CO2)cc1. The molecule has 0 aromatic heterocycles. The molecular formula is C55H64N6O12. The lowest BCUT2D eigenvalue weighted by molar-refractivity contribution is -0.135. The van der Waals surface area contributed by atoms with Crippen LogP contribution in [0.15, 0.2) is 109 Å². The number of ketones is 2. The summed E-state index contributed by atoms with van der Waals surface area (Å²) in [6.07, 6.45) is 3.10. The average molecular weight is 1000 g/mol. The van der Waals surface area contributed by atoms with Gasteiger partial charge in [0.15, 0.2) is 11.6 Å². The molecule has 8 atom stereocenters. The van der Waals surface area contributed by atoms with Crippen molar-refractivity contribution in [3.63, 3.8) is 0 Å². The van der Waals surface area contributed by atoms with Gasteiger partial charge in [0, 0.05) is 25.7 Å². The second-order valence-electron chi connectivity index (χ2n) is 19.2. The first-order valence-corrected chi connectivity index (χ1v) is 24.5. The van der Waals surface area contributed by atoms with E-state index in [0.717, 1.165) is 22.3 Å². The summed E-state index contributed by atoms with van der Waals surface area (Å²) in [7, 11) is 3.13. The van der Waals surface area contributed by atoms with Crippen molar-refractivity contribution in [1.82, 2.24) is 31.9 Å². The maximum atomic E-state index is 13.6. The highest BCUT2D eigenvalue weighted by Gasteiger charge is 2.51. The van der Waals surface area contributed by atoms with Gasteiger partial charge in [0.1, 0.15) is 46.9 Å². The molecule has 4 fully saturated rings. The molecule has 4 aromatic carbocycles. The van der Waals surface area contributed by atoms with Crippen molar-refractivity contribution in [1.29, 1.82) is 0 Å². The molecule has 4 aromatic rings. The fraction of sp³-hybridized carbons (Fsp3) is 0.418. The van der Waals surface area contributed by atoms with Crippen LogP contribution in [0.1, 0.15) is 68.2 Å². The molecule has 4 aliphatic rings. The van der Waals surface area contributed by atoms with Gasteiger partial charge in [-0.25, -0.2) is 0 Å². The first kappa shape index (κ1) is 53.4. The fourth-order valence-corrected chi connectivity index (χ4v) is 8.67. The third-order valence-electron chi connectivity index (χ3n) is 13.4. The highest BCUT2D eigenvalue weighted by Crippen LogP contribution is 2.30. The number of epoxide rings is 2. The van der Waals surface area contributed by atoms with Crippen molar-refractivity contribution in [2.75, 3.05) is 27.4 Å². The second kappa shape index (κ2) is 24.3. The Balaban J connectivity index is 0.000000214. The molecule has 0 aliphatic carbocycles. The summed E-state index contributed by atoms with van der Waals surface area (Å²) in [4.78, 5) is 103. The van der Waals surface area contributed by atoms with Gasteiger partial charge in [-0.2, -0.15) is 0 Å². The largest absolute Gasteiger partial charge is 0.497 e. The van der Waals surface area contributed by atoms with E-state index in [4.69, 9.17) is 18.9 Å². The number of methoxy groups -OCH3 is 2. The van der Waals surface area contributed by atoms with Gasteiger partial charge in [-0.05, 0) is 92.5 Å². The average Bonchev–Trinajstić information content (AvgIpc) is 4.30. The number of piperidine rings is 1. The Labute approximate surface area is 424 Å². The molecule has 18 nitrogen and oxygen atoms in total. The van der Waals surface area contributed by atoms with Crippen LogP contribution in [0.4, 0.5) is 0 Å². The maximum absolute atomic E-state index is 13.6. The van der Waals surface area contributed by atoms with Crippen LogP contribution in [-0.2, 0) is 73.5 Å². The molecule has 0 bridgehead atoms. The number of ether oxygens (including phenoxy) is 4. The zero-order chi connectivity index (χ0) is 52.1. The summed E-state index contributed by atoms with van der Waals surface area (Å²) in [5, 5.41) is 16.6. The molecule has 0 radical (unpaired) electrons. The molecule has 4 saturated heterocycles. The van der Waals surface area contributed by atoms with Gasteiger partial charge >= 0.3 is 0 Å². The zero-order valence-electron chi connectivity index (χ0n) is 41.5. The predicted molar refractivity (Wildman–Crippen MR) is 267 cm³/mol. The second-order valence-corrected chi connectivity index (χ2v) is 19.2. The van der Waals surface area contributed by atoms with E-state index in [-0.39, 0.29) is 42.6 Å². The summed E-state index contributed by atoms with van der Waals surface area (Å²) >= 11 is 0. The Kier molecular flexibility index (Phi) is 17.8. The van der Waals surface area contributed by atoms with E-state index in [1.54, 1.807) is 52.3 Å². The highest BCUT2D eigenvalue weighted by molar-refractivity contribution is 6.00. The van der Waals surface area contributed by atoms with Crippen LogP contribution in [-0.4, -0.2) is 122 Å². The van der Waals surface area contributed by atoms with Gasteiger partial charge in [-0.15, -0.1) is 0 Å². The number of rotatable bonds is 22. The van der Waals surface area contributed by atoms with Crippen molar-refractivity contribution in [3.8, 4) is 11.5 Å². The van der Waals surface area contributed by atoms with Crippen LogP contribution in [0.2, 0.25) is 0 Å². The Morgan fingerprint density at radius 2 is 0.877 bits per heavy atom. The third-order valence-corrected chi connectivity index (χ3v) is 13.4. The van der Waals surface area contributed by atoms with E-state index in [1.165, 1.54) is 0 Å². The van der Waals surface area contributed by atoms with E-state index >= 15 is 0 Å². The maximum Gasteiger partial charge on any atom is 0.243 e. The van der Waals surface area contributed by atoms with E-state index in [2.05, 4.69) is 31.9 Å². The number of amides is 6. The standard InChI is InChI=1S/C28H33N3O6.C27H31N3O6/c1-28(17-37-28)25(33)22(15-18-7-4-3-5-8-18)30-27(35)23(16-19-11-13-20(36-2)14-12-19)31-26(34)21-9-6-10-24(32)29-21;1-27(16-36-27)24(32)21(14-17-6-4-3-5-7-17)29-26(34)22(15-18-8-10-19(35-2)11-9-18)30-25(33)20-12-13-23(31)28-20/h3-5,7-8,11-14,21-23H,6,9-10,15-17H2,1-2H3,(H,29,32)(H,30,35)(H,31,34);3-11,20-22H,12-16H2,1-2H3,(H,28,31)(H,29,34)(H,30,33). The molecule has 6 amide bonds. The molecule has 4 heterocycles. The summed E-state index contributed by atoms with van der Waals surface area (Å²) in [5.74, 6) is -1.29. The number of nitrogens with one attached hydrogen (secondary N) is 6. The minimum atomic E-state index is -0.960. The molecule has 8 unspecified atom stereocenters. The number of hydrogen-bond donors (Lipinski definition) is 6. The van der Waals surface area contributed by atoms with E-state index < -0.39 is 71.1 Å². The number of benzene rings is 4. The normalized spacial score (nSPS) is 22.2. The van der Waals surface area contributed by atoms with Crippen molar-refractivity contribution >= 4 is 47.0 Å². The van der Waals surface area contributed by atoms with Gasteiger partial charge in [0.05, 0.1) is 39.5 Å². The van der Waals surface area contributed by atoms with Crippen molar-refractivity contribution in [2.45, 2.75) is 119 Å². The fourth-order valence-electron chi connectivity index (χ4n) is 8.67. The van der Waals surface area contributed by atoms with Gasteiger partial charge in [-0.3, -0.25) is 38.4 Å². The van der Waals surface area contributed by atoms with Gasteiger partial charge < -0.3 is 50.8 Å². The summed E-state index contributed by atoms with van der Waals surface area (Å²) in [6, 6.07) is 28.2. The molecule has 18 heteroatoms. The first-order chi connectivity index (χ1) is 35.0. The Morgan fingerprint density at radius 3 is 1.23 bits per heavy atom. The van der Waals surface area contributed by atoms with Crippen LogP contribution < -0.4 is 41.4 Å². The van der Waals surface area contributed by atoms with Crippen molar-refractivity contribution < 1.29 is 57.3 Å². The minimum absolute atomic E-state index is 0.186. The van der Waals surface area contributed by atoms with Crippen LogP contribution in [0.5, 0.6) is 11.5 Å². The molecule has 73 heavy (non-hydrogen) atoms. The summed E-state index contributed by atoms with van der Waals surface area (Å²) in [6.45, 7) is 4.03. The van der Waals surface area contributed by atoms with Gasteiger partial charge in [0.25, 0.3) is 0 Å². The topological polar surface area (TPSA) is 252 Å². The molecule has 6 N–H and O–H groups in total. The van der Waals surface area contributed by atoms with Crippen molar-refractivity contribution in [3.05, 3.63) is 131 Å². The van der Waals surface area contributed by atoms with Gasteiger partial charge in [-0.1, -0.05) is 84.9 Å². The summed E-state index contributed by atoms with van der Waals surface area (Å²) < 4.78 is 21.1. The first-order valence-electron chi connectivity index (χ1n) is 24.5. The number of carbonyl (C=O) groups excluding carboxylic acids is 8. The lowest BCUT2D eigenvalue weighted by Crippen LogP contribution is -2.58. The smallest absolute Gasteiger partial charge is 0.243 e. The van der Waals surface area contributed by atoms with Crippen LogP contribution in [0.3, 0.4) is 0 Å². The Hall–Kier alpha value is -7.44. The van der Waals surface area contributed by atoms with Crippen molar-refractivity contribution in [2.24, 2.45) is 0 Å². The van der Waals surface area contributed by atoms with E-state index in [1.807, 2.05) is 84.9 Å². The van der Waals surface area contributed by atoms with Crippen LogP contribution in [0.25, 0.3) is 0 Å². The predicted octanol–water partition coefficient (Wildman–Crippen LogP) is 2.56. The quantitative estimate of drug-likeness (QED) is 0.0622. The Bertz CT molecular complexity index is 2600. The number of hydrogen-bond acceptors (Lipinski definition) is 12. The third kappa shape index (κ3) is 15.1. The van der Waals surface area contributed by atoms with Crippen LogP contribution in [0, 0.1) is 0 Å². The molecule has 8 rings (SSSR count). The molecule has 386 valence electrons. The van der Waals surface area contributed by atoms with Gasteiger partial charge in [0.2, 0.25) is 35.4 Å². The number of carbonyl (C=O) groups is 8. The molecule has 0 saturated carbocycles. The zero-order valence-corrected chi connectivity index (χ0v) is 41.5. The van der Waals surface area contributed by atoms with E-state index in [0.29, 0.717) is 63.2 Å². The highest BCUT2D eigenvalue weighted by atomic mass is 16.6. The molecule has 4 aliphatic heterocycles. The molecular weight excluding hydrogens is 937 g/mol. The monoisotopic (exact) mass is 1000 g/mol. The summed E-state index contributed by atoms with van der Waals surface area (Å²) in [5.41, 5.74) is 1.55. The number of Topliss-reactive ketones (excluding diaryl/α,β-unsaturated/α-hetero) is 2. The Morgan fingerprint density at radius 1 is 0.521 bits per heavy atom. The van der Waals surface area contributed by atoms with E-state index in [9.17, 15) is 38.4 Å². The van der Waals surface area contributed by atoms with Crippen LogP contribution >= 0.6 is 0 Å².